The summed E-state index contributed by atoms with van der Waals surface area (Å²) in [4.78, 5) is 36.6. The van der Waals surface area contributed by atoms with Crippen LogP contribution in [0.2, 0.25) is 0 Å². The maximum Gasteiger partial charge on any atom is 0.335 e. The van der Waals surface area contributed by atoms with Crippen molar-refractivity contribution in [3.63, 3.8) is 0 Å². The lowest BCUT2D eigenvalue weighted by atomic mass is 10.1. The van der Waals surface area contributed by atoms with Gasteiger partial charge >= 0.3 is 17.9 Å². The van der Waals surface area contributed by atoms with Gasteiger partial charge in [0.05, 0.1) is 6.42 Å². The van der Waals surface area contributed by atoms with Gasteiger partial charge in [-0.1, -0.05) is 141 Å². The molecule has 0 saturated carbocycles. The zero-order valence-corrected chi connectivity index (χ0v) is 32.4. The van der Waals surface area contributed by atoms with Crippen LogP contribution in [0.15, 0.2) is 24.3 Å². The van der Waals surface area contributed by atoms with Gasteiger partial charge < -0.3 is 9.47 Å². The lowest BCUT2D eigenvalue weighted by Gasteiger charge is -2.13. The minimum absolute atomic E-state index is 0.0516. The van der Waals surface area contributed by atoms with Gasteiger partial charge in [0, 0.05) is 12.8 Å². The Morgan fingerprint density at radius 2 is 0.860 bits per heavy atom. The molecule has 0 spiro atoms. The lowest BCUT2D eigenvalue weighted by Crippen LogP contribution is -2.35. The summed E-state index contributed by atoms with van der Waals surface area (Å²) in [6.07, 6.45) is 36.9. The Balaban J connectivity index is 4.05. The highest BCUT2D eigenvalue weighted by Gasteiger charge is 2.36. The summed E-state index contributed by atoms with van der Waals surface area (Å²) in [6, 6.07) is 0. The highest BCUT2D eigenvalue weighted by atomic mass is 32.2. The van der Waals surface area contributed by atoms with E-state index < -0.39 is 45.6 Å². The normalized spacial score (nSPS) is 12.5. The fraction of sp³-hybridized carbons (Fsp3) is 0.800. The molecule has 0 bridgehead atoms. The number of hydrogen-bond donors (Lipinski definition) is 2. The van der Waals surface area contributed by atoms with Gasteiger partial charge in [-0.25, -0.2) is 0 Å². The van der Waals surface area contributed by atoms with Crippen molar-refractivity contribution in [2.45, 2.75) is 205 Å². The quantitative estimate of drug-likeness (QED) is 0.0127. The van der Waals surface area contributed by atoms with E-state index in [0.717, 1.165) is 77.0 Å². The van der Waals surface area contributed by atoms with Crippen LogP contribution in [0.1, 0.15) is 200 Å². The van der Waals surface area contributed by atoms with Gasteiger partial charge in [0.25, 0.3) is 10.1 Å². The molecule has 2 N–H and O–H groups in total. The van der Waals surface area contributed by atoms with E-state index in [4.69, 9.17) is 10.1 Å². The molecule has 0 aliphatic heterocycles. The van der Waals surface area contributed by atoms with Crippen molar-refractivity contribution < 1.29 is 36.8 Å². The van der Waals surface area contributed by atoms with Crippen molar-refractivity contribution in [2.24, 2.45) is 0 Å². The van der Waals surface area contributed by atoms with E-state index >= 15 is 0 Å². The summed E-state index contributed by atoms with van der Waals surface area (Å²) in [5.74, 6) is -3.88. The molecule has 0 amide bonds. The lowest BCUT2D eigenvalue weighted by molar-refractivity contribution is -0.159. The van der Waals surface area contributed by atoms with E-state index in [9.17, 15) is 27.4 Å². The van der Waals surface area contributed by atoms with Gasteiger partial charge in [-0.3, -0.25) is 24.3 Å². The molecule has 0 heterocycles. The summed E-state index contributed by atoms with van der Waals surface area (Å²) in [6.45, 7) is 4.46. The third-order valence-electron chi connectivity index (χ3n) is 8.73. The van der Waals surface area contributed by atoms with Crippen LogP contribution in [-0.4, -0.2) is 42.0 Å². The first-order valence-electron chi connectivity index (χ1n) is 19.9. The maximum atomic E-state index is 12.4. The van der Waals surface area contributed by atoms with Gasteiger partial charge in [-0.05, 0) is 64.2 Å². The number of nitrogens with one attached hydrogen (secondary N) is 1. The van der Waals surface area contributed by atoms with Crippen LogP contribution in [0.5, 0.6) is 0 Å². The maximum absolute atomic E-state index is 12.4. The molecule has 0 radical (unpaired) electrons. The molecule has 0 fully saturated rings. The van der Waals surface area contributed by atoms with E-state index in [1.165, 1.54) is 77.0 Å². The van der Waals surface area contributed by atoms with Gasteiger partial charge in [0.2, 0.25) is 0 Å². The van der Waals surface area contributed by atoms with Gasteiger partial charge in [-0.15, -0.1) is 0 Å². The van der Waals surface area contributed by atoms with E-state index in [2.05, 4.69) is 42.9 Å². The number of esters is 3. The zero-order valence-electron chi connectivity index (χ0n) is 31.6. The molecule has 0 rings (SSSR count). The molecule has 0 aromatic carbocycles. The van der Waals surface area contributed by atoms with Crippen LogP contribution in [0.25, 0.3) is 0 Å². The predicted octanol–water partition coefficient (Wildman–Crippen LogP) is 11.3. The molecular weight excluding hydrogens is 655 g/mol. The van der Waals surface area contributed by atoms with Crippen LogP contribution >= 0.6 is 0 Å². The van der Waals surface area contributed by atoms with Crippen molar-refractivity contribution in [1.29, 1.82) is 5.41 Å². The molecule has 10 heteroatoms. The van der Waals surface area contributed by atoms with Crippen molar-refractivity contribution >= 4 is 33.9 Å². The van der Waals surface area contributed by atoms with Crippen LogP contribution in [0.3, 0.4) is 0 Å². The van der Waals surface area contributed by atoms with Crippen LogP contribution in [-0.2, 0) is 34.0 Å². The fourth-order valence-electron chi connectivity index (χ4n) is 5.62. The van der Waals surface area contributed by atoms with E-state index in [1.54, 1.807) is 0 Å². The number of rotatable bonds is 34. The first-order valence-corrected chi connectivity index (χ1v) is 21.4. The van der Waals surface area contributed by atoms with Gasteiger partial charge in [0.1, 0.15) is 0 Å². The Labute approximate surface area is 305 Å². The summed E-state index contributed by atoms with van der Waals surface area (Å²) in [5, 5.41) is 5.63. The molecular formula is C40H71NO8S. The highest BCUT2D eigenvalue weighted by molar-refractivity contribution is 7.87. The molecule has 0 aliphatic carbocycles. The average molecular weight is 726 g/mol. The SMILES string of the molecule is CCCCCCCC/C=C\CCCCCCCC(=O)OC(=N)CC(C(=O)OC(=O)CCCCCCC/C=C\CCCCCCCC)S(=O)(=O)O. The van der Waals surface area contributed by atoms with Crippen molar-refractivity contribution in [2.75, 3.05) is 0 Å². The van der Waals surface area contributed by atoms with Crippen LogP contribution in [0, 0.1) is 5.41 Å². The van der Waals surface area contributed by atoms with Crippen molar-refractivity contribution in [1.82, 2.24) is 0 Å². The first kappa shape index (κ1) is 47.7. The van der Waals surface area contributed by atoms with E-state index in [1.807, 2.05) is 0 Å². The molecule has 9 nitrogen and oxygen atoms in total. The Morgan fingerprint density at radius 1 is 0.540 bits per heavy atom. The number of carbonyl (C=O) groups is 3. The predicted molar refractivity (Wildman–Crippen MR) is 204 cm³/mol. The summed E-state index contributed by atoms with van der Waals surface area (Å²) >= 11 is 0. The number of carbonyl (C=O) groups excluding carboxylic acids is 3. The Kier molecular flexibility index (Phi) is 32.2. The molecule has 0 aromatic rings. The van der Waals surface area contributed by atoms with Crippen LogP contribution in [0.4, 0.5) is 0 Å². The Hall–Kier alpha value is -2.33. The molecule has 0 aliphatic rings. The minimum Gasteiger partial charge on any atom is -0.412 e. The highest BCUT2D eigenvalue weighted by Crippen LogP contribution is 2.14. The summed E-state index contributed by atoms with van der Waals surface area (Å²) in [7, 11) is -5.00. The number of ether oxygens (including phenoxy) is 2. The van der Waals surface area contributed by atoms with E-state index in [-0.39, 0.29) is 12.8 Å². The third kappa shape index (κ3) is 31.6. The molecule has 0 saturated heterocycles. The second kappa shape index (κ2) is 33.8. The molecule has 0 aromatic heterocycles. The van der Waals surface area contributed by atoms with Crippen molar-refractivity contribution in [3.05, 3.63) is 24.3 Å². The topological polar surface area (TPSA) is 148 Å². The Morgan fingerprint density at radius 3 is 1.22 bits per heavy atom. The number of unbranched alkanes of at least 4 members (excludes halogenated alkanes) is 22. The zero-order chi connectivity index (χ0) is 37.1. The Bertz CT molecular complexity index is 1050. The monoisotopic (exact) mass is 725 g/mol. The second-order valence-corrected chi connectivity index (χ2v) is 15.2. The molecule has 290 valence electrons. The first-order chi connectivity index (χ1) is 24.1. The third-order valence-corrected chi connectivity index (χ3v) is 9.81. The number of hydrogen-bond acceptors (Lipinski definition) is 8. The molecule has 1 atom stereocenters. The largest absolute Gasteiger partial charge is 0.412 e. The number of allylic oxidation sites excluding steroid dienone is 4. The van der Waals surface area contributed by atoms with Gasteiger partial charge in [0.15, 0.2) is 11.1 Å². The fourth-order valence-corrected chi connectivity index (χ4v) is 6.27. The summed E-state index contributed by atoms with van der Waals surface area (Å²) in [5.41, 5.74) is 0. The smallest absolute Gasteiger partial charge is 0.335 e. The minimum atomic E-state index is -5.00. The second-order valence-electron chi connectivity index (χ2n) is 13.6. The average Bonchev–Trinajstić information content (AvgIpc) is 3.06. The van der Waals surface area contributed by atoms with Crippen LogP contribution < -0.4 is 0 Å². The van der Waals surface area contributed by atoms with Crippen molar-refractivity contribution in [3.8, 4) is 0 Å². The van der Waals surface area contributed by atoms with Gasteiger partial charge in [-0.2, -0.15) is 8.42 Å². The van der Waals surface area contributed by atoms with E-state index in [0.29, 0.717) is 12.8 Å². The molecule has 1 unspecified atom stereocenters. The summed E-state index contributed by atoms with van der Waals surface area (Å²) < 4.78 is 42.7. The standard InChI is InChI=1S/C40H71NO8S/c1-3-5-7-9-11-13-15-17-19-21-23-25-27-29-31-33-38(42)48-37(41)35-36(50(45,46)47)40(44)49-39(43)34-32-30-28-26-24-22-20-18-16-14-12-10-8-6-4-2/h17-20,36,41H,3-16,21-35H2,1-2H3,(H,45,46,47)/b19-17-,20-18-,41-37?. The molecule has 50 heavy (non-hydrogen) atoms.